The molecule has 0 aromatic rings. The number of hydrogen-bond acceptors (Lipinski definition) is 3. The first-order valence-electron chi connectivity index (χ1n) is 9.07. The van der Waals surface area contributed by atoms with E-state index in [0.29, 0.717) is 12.0 Å². The second kappa shape index (κ2) is 7.31. The maximum absolute atomic E-state index is 12.6. The maximum Gasteiger partial charge on any atom is 0.240 e. The largest absolute Gasteiger partial charge is 0.341 e. The van der Waals surface area contributed by atoms with Crippen molar-refractivity contribution in [1.82, 2.24) is 9.80 Å². The van der Waals surface area contributed by atoms with E-state index in [1.54, 1.807) is 0 Å². The van der Waals surface area contributed by atoms with Crippen LogP contribution in [0.3, 0.4) is 0 Å². The van der Waals surface area contributed by atoms with Crippen molar-refractivity contribution in [3.05, 3.63) is 0 Å². The Morgan fingerprint density at radius 1 is 1.18 bits per heavy atom. The van der Waals surface area contributed by atoms with Gasteiger partial charge in [0.1, 0.15) is 0 Å². The Kier molecular flexibility index (Phi) is 5.89. The third kappa shape index (κ3) is 4.45. The lowest BCUT2D eigenvalue weighted by Gasteiger charge is -2.41. The van der Waals surface area contributed by atoms with Crippen LogP contribution in [0.25, 0.3) is 0 Å². The minimum absolute atomic E-state index is 0.142. The summed E-state index contributed by atoms with van der Waals surface area (Å²) in [5, 5.41) is 0. The van der Waals surface area contributed by atoms with Gasteiger partial charge in [0.2, 0.25) is 5.91 Å². The molecule has 0 spiro atoms. The van der Waals surface area contributed by atoms with E-state index < -0.39 is 0 Å². The SMILES string of the molecule is CC1CCCCN1CC1CCCN(C(=O)[C@@H](N)C(C)(C)C)C1. The third-order valence-electron chi connectivity index (χ3n) is 5.46. The highest BCUT2D eigenvalue weighted by atomic mass is 16.2. The van der Waals surface area contributed by atoms with Crippen molar-refractivity contribution in [3.8, 4) is 0 Å². The number of carbonyl (C=O) groups excluding carboxylic acids is 1. The van der Waals surface area contributed by atoms with Gasteiger partial charge in [0, 0.05) is 25.7 Å². The molecule has 2 heterocycles. The molecule has 2 aliphatic rings. The van der Waals surface area contributed by atoms with Crippen molar-refractivity contribution in [3.63, 3.8) is 0 Å². The third-order valence-corrected chi connectivity index (χ3v) is 5.46. The average Bonchev–Trinajstić information content (AvgIpc) is 2.47. The zero-order valence-corrected chi connectivity index (χ0v) is 15.0. The van der Waals surface area contributed by atoms with Gasteiger partial charge in [-0.05, 0) is 50.5 Å². The standard InChI is InChI=1S/C18H35N3O/c1-14-8-5-6-10-20(14)12-15-9-7-11-21(13-15)17(22)16(19)18(2,3)4/h14-16H,5-13,19H2,1-4H3/t14?,15?,16-/m1/s1. The molecule has 3 atom stereocenters. The van der Waals surface area contributed by atoms with E-state index in [4.69, 9.17) is 5.73 Å². The maximum atomic E-state index is 12.6. The lowest BCUT2D eigenvalue weighted by Crippen LogP contribution is -2.54. The van der Waals surface area contributed by atoms with E-state index in [1.165, 1.54) is 32.2 Å². The first-order chi connectivity index (χ1) is 10.3. The zero-order valence-electron chi connectivity index (χ0n) is 15.0. The first-order valence-corrected chi connectivity index (χ1v) is 9.07. The Morgan fingerprint density at radius 3 is 2.55 bits per heavy atom. The summed E-state index contributed by atoms with van der Waals surface area (Å²) < 4.78 is 0. The van der Waals surface area contributed by atoms with Gasteiger partial charge in [-0.1, -0.05) is 27.2 Å². The summed E-state index contributed by atoms with van der Waals surface area (Å²) in [7, 11) is 0. The van der Waals surface area contributed by atoms with Gasteiger partial charge in [0.15, 0.2) is 0 Å². The summed E-state index contributed by atoms with van der Waals surface area (Å²) in [6.07, 6.45) is 6.39. The highest BCUT2D eigenvalue weighted by Crippen LogP contribution is 2.25. The van der Waals surface area contributed by atoms with Gasteiger partial charge in [-0.2, -0.15) is 0 Å². The Labute approximate surface area is 136 Å². The molecule has 2 N–H and O–H groups in total. The van der Waals surface area contributed by atoms with E-state index in [-0.39, 0.29) is 17.4 Å². The fraction of sp³-hybridized carbons (Fsp3) is 0.944. The Hall–Kier alpha value is -0.610. The van der Waals surface area contributed by atoms with Gasteiger partial charge in [-0.25, -0.2) is 0 Å². The van der Waals surface area contributed by atoms with Crippen LogP contribution in [0, 0.1) is 11.3 Å². The molecule has 0 radical (unpaired) electrons. The second-order valence-corrected chi connectivity index (χ2v) is 8.48. The molecule has 22 heavy (non-hydrogen) atoms. The lowest BCUT2D eigenvalue weighted by molar-refractivity contribution is -0.137. The minimum atomic E-state index is -0.389. The Balaban J connectivity index is 1.90. The van der Waals surface area contributed by atoms with Crippen LogP contribution in [0.2, 0.25) is 0 Å². The zero-order chi connectivity index (χ0) is 16.3. The highest BCUT2D eigenvalue weighted by molar-refractivity contribution is 5.82. The molecule has 2 aliphatic heterocycles. The summed E-state index contributed by atoms with van der Waals surface area (Å²) in [6.45, 7) is 12.6. The molecule has 2 rings (SSSR count). The molecule has 2 unspecified atom stereocenters. The van der Waals surface area contributed by atoms with Crippen LogP contribution in [0.15, 0.2) is 0 Å². The number of nitrogens with zero attached hydrogens (tertiary/aromatic N) is 2. The van der Waals surface area contributed by atoms with Gasteiger partial charge in [-0.15, -0.1) is 0 Å². The fourth-order valence-electron chi connectivity index (χ4n) is 3.74. The van der Waals surface area contributed by atoms with Crippen molar-refractivity contribution in [2.75, 3.05) is 26.2 Å². The first kappa shape index (κ1) is 17.7. The normalized spacial score (nSPS) is 29.4. The molecule has 4 nitrogen and oxygen atoms in total. The van der Waals surface area contributed by atoms with Crippen LogP contribution in [0.5, 0.6) is 0 Å². The summed E-state index contributed by atoms with van der Waals surface area (Å²) >= 11 is 0. The number of piperidine rings is 2. The number of likely N-dealkylation sites (tertiary alicyclic amines) is 2. The molecule has 0 aromatic carbocycles. The quantitative estimate of drug-likeness (QED) is 0.871. The number of rotatable bonds is 3. The smallest absolute Gasteiger partial charge is 0.240 e. The highest BCUT2D eigenvalue weighted by Gasteiger charge is 2.34. The van der Waals surface area contributed by atoms with Gasteiger partial charge >= 0.3 is 0 Å². The van der Waals surface area contributed by atoms with E-state index in [2.05, 4.69) is 11.8 Å². The van der Waals surface area contributed by atoms with Crippen molar-refractivity contribution in [2.24, 2.45) is 17.1 Å². The second-order valence-electron chi connectivity index (χ2n) is 8.48. The predicted octanol–water partition coefficient (Wildman–Crippen LogP) is 2.47. The molecule has 1 amide bonds. The average molecular weight is 309 g/mol. The minimum Gasteiger partial charge on any atom is -0.341 e. The van der Waals surface area contributed by atoms with Crippen LogP contribution in [0.1, 0.15) is 59.8 Å². The topological polar surface area (TPSA) is 49.6 Å². The molecule has 0 aliphatic carbocycles. The van der Waals surface area contributed by atoms with Crippen LogP contribution in [-0.2, 0) is 4.79 Å². The van der Waals surface area contributed by atoms with E-state index in [0.717, 1.165) is 26.1 Å². The number of hydrogen-bond donors (Lipinski definition) is 1. The summed E-state index contributed by atoms with van der Waals surface area (Å²) in [6, 6.07) is 0.317. The monoisotopic (exact) mass is 309 g/mol. The summed E-state index contributed by atoms with van der Waals surface area (Å²) in [4.78, 5) is 17.3. The van der Waals surface area contributed by atoms with Crippen molar-refractivity contribution >= 4 is 5.91 Å². The lowest BCUT2D eigenvalue weighted by atomic mass is 9.85. The van der Waals surface area contributed by atoms with Crippen LogP contribution in [0.4, 0.5) is 0 Å². The molecule has 2 fully saturated rings. The molecule has 0 aromatic heterocycles. The molecule has 128 valence electrons. The molecule has 0 saturated carbocycles. The van der Waals surface area contributed by atoms with Crippen LogP contribution >= 0.6 is 0 Å². The molecule has 2 saturated heterocycles. The van der Waals surface area contributed by atoms with E-state index in [9.17, 15) is 4.79 Å². The van der Waals surface area contributed by atoms with Crippen molar-refractivity contribution in [1.29, 1.82) is 0 Å². The van der Waals surface area contributed by atoms with Gasteiger partial charge in [-0.3, -0.25) is 4.79 Å². The van der Waals surface area contributed by atoms with Crippen LogP contribution < -0.4 is 5.73 Å². The number of carbonyl (C=O) groups is 1. The summed E-state index contributed by atoms with van der Waals surface area (Å²) in [5.74, 6) is 0.759. The van der Waals surface area contributed by atoms with E-state index in [1.807, 2.05) is 25.7 Å². The predicted molar refractivity (Wildman–Crippen MR) is 91.6 cm³/mol. The van der Waals surface area contributed by atoms with Gasteiger partial charge in [0.25, 0.3) is 0 Å². The van der Waals surface area contributed by atoms with E-state index >= 15 is 0 Å². The molecular weight excluding hydrogens is 274 g/mol. The molecule has 0 bridgehead atoms. The fourth-order valence-corrected chi connectivity index (χ4v) is 3.74. The van der Waals surface area contributed by atoms with Gasteiger partial charge < -0.3 is 15.5 Å². The number of nitrogens with two attached hydrogens (primary N) is 1. The molecule has 4 heteroatoms. The van der Waals surface area contributed by atoms with Crippen molar-refractivity contribution in [2.45, 2.75) is 71.9 Å². The van der Waals surface area contributed by atoms with Crippen LogP contribution in [-0.4, -0.2) is 54.0 Å². The molecular formula is C18H35N3O. The Morgan fingerprint density at radius 2 is 1.91 bits per heavy atom. The summed E-state index contributed by atoms with van der Waals surface area (Å²) in [5.41, 5.74) is 6.01. The Bertz CT molecular complexity index is 377. The van der Waals surface area contributed by atoms with Gasteiger partial charge in [0.05, 0.1) is 6.04 Å². The van der Waals surface area contributed by atoms with Crippen molar-refractivity contribution < 1.29 is 4.79 Å². The number of amides is 1.